The molecule has 0 amide bonds. The number of hydrogen-bond acceptors (Lipinski definition) is 5. The average Bonchev–Trinajstić information content (AvgIpc) is 2.65. The van der Waals surface area contributed by atoms with Crippen molar-refractivity contribution < 1.29 is 9.90 Å². The molecule has 5 heteroatoms. The molecule has 1 N–H and O–H groups in total. The van der Waals surface area contributed by atoms with Crippen LogP contribution >= 0.6 is 0 Å². The molecular formula is C13H19N3O2. The van der Waals surface area contributed by atoms with Crippen molar-refractivity contribution in [1.29, 1.82) is 0 Å². The van der Waals surface area contributed by atoms with Crippen LogP contribution in [0.2, 0.25) is 0 Å². The van der Waals surface area contributed by atoms with E-state index in [4.69, 9.17) is 5.11 Å². The number of carbonyl (C=O) groups is 1. The van der Waals surface area contributed by atoms with E-state index in [-0.39, 0.29) is 6.61 Å². The third-order valence-corrected chi connectivity index (χ3v) is 3.24. The zero-order valence-electron chi connectivity index (χ0n) is 10.5. The second-order valence-electron chi connectivity index (χ2n) is 4.47. The summed E-state index contributed by atoms with van der Waals surface area (Å²) in [5.74, 6) is 0.923. The van der Waals surface area contributed by atoms with Gasteiger partial charge in [0.05, 0.1) is 6.61 Å². The lowest BCUT2D eigenvalue weighted by Gasteiger charge is -2.22. The van der Waals surface area contributed by atoms with Gasteiger partial charge in [0.1, 0.15) is 5.82 Å². The first-order valence-electron chi connectivity index (χ1n) is 6.33. The lowest BCUT2D eigenvalue weighted by atomic mass is 10.3. The Morgan fingerprint density at radius 2 is 2.17 bits per heavy atom. The summed E-state index contributed by atoms with van der Waals surface area (Å²) in [5, 5.41) is 8.95. The number of pyridine rings is 1. The van der Waals surface area contributed by atoms with Crippen molar-refractivity contribution in [3.63, 3.8) is 0 Å². The number of hydrogen-bond donors (Lipinski definition) is 1. The second kappa shape index (κ2) is 6.47. The number of aldehydes is 1. The van der Waals surface area contributed by atoms with E-state index in [1.807, 2.05) is 6.07 Å². The number of aliphatic hydroxyl groups is 1. The molecule has 0 atom stereocenters. The fraction of sp³-hybridized carbons (Fsp3) is 0.538. The van der Waals surface area contributed by atoms with Gasteiger partial charge < -0.3 is 10.0 Å². The van der Waals surface area contributed by atoms with Gasteiger partial charge in [0.2, 0.25) is 0 Å². The highest BCUT2D eigenvalue weighted by molar-refractivity contribution is 5.74. The van der Waals surface area contributed by atoms with Crippen molar-refractivity contribution in [3.8, 4) is 0 Å². The molecule has 1 aliphatic rings. The van der Waals surface area contributed by atoms with Gasteiger partial charge in [0.25, 0.3) is 0 Å². The van der Waals surface area contributed by atoms with E-state index in [1.54, 1.807) is 12.3 Å². The molecule has 1 aliphatic heterocycles. The molecule has 0 bridgehead atoms. The normalized spacial score (nSPS) is 17.5. The zero-order chi connectivity index (χ0) is 12.8. The summed E-state index contributed by atoms with van der Waals surface area (Å²) in [6.45, 7) is 4.79. The molecule has 1 aromatic rings. The Kier molecular flexibility index (Phi) is 4.66. The summed E-state index contributed by atoms with van der Waals surface area (Å²) >= 11 is 0. The van der Waals surface area contributed by atoms with E-state index in [9.17, 15) is 4.79 Å². The van der Waals surface area contributed by atoms with Gasteiger partial charge in [-0.2, -0.15) is 0 Å². The van der Waals surface area contributed by atoms with Crippen LogP contribution in [0.25, 0.3) is 0 Å². The Labute approximate surface area is 107 Å². The van der Waals surface area contributed by atoms with Crippen molar-refractivity contribution in [3.05, 3.63) is 23.9 Å². The summed E-state index contributed by atoms with van der Waals surface area (Å²) in [5.41, 5.74) is 0.607. The first-order chi connectivity index (χ1) is 8.83. The molecule has 0 radical (unpaired) electrons. The van der Waals surface area contributed by atoms with Crippen LogP contribution in [0, 0.1) is 0 Å². The number of rotatable bonds is 4. The largest absolute Gasteiger partial charge is 0.395 e. The molecule has 0 aliphatic carbocycles. The Hall–Kier alpha value is -1.46. The summed E-state index contributed by atoms with van der Waals surface area (Å²) in [4.78, 5) is 19.4. The summed E-state index contributed by atoms with van der Waals surface area (Å²) < 4.78 is 0. The standard InChI is InChI=1S/C13H19N3O2/c17-9-8-15-4-1-5-16(7-6-15)13-3-2-12(11-18)10-14-13/h2-3,10-11,17H,1,4-9H2. The second-order valence-corrected chi connectivity index (χ2v) is 4.47. The molecular weight excluding hydrogens is 230 g/mol. The van der Waals surface area contributed by atoms with Crippen LogP contribution < -0.4 is 4.90 Å². The van der Waals surface area contributed by atoms with Gasteiger partial charge in [-0.3, -0.25) is 9.69 Å². The molecule has 1 aromatic heterocycles. The fourth-order valence-corrected chi connectivity index (χ4v) is 2.22. The molecule has 2 rings (SSSR count). The number of aliphatic hydroxyl groups excluding tert-OH is 1. The highest BCUT2D eigenvalue weighted by Crippen LogP contribution is 2.13. The SMILES string of the molecule is O=Cc1ccc(N2CCCN(CCO)CC2)nc1. The van der Waals surface area contributed by atoms with E-state index in [2.05, 4.69) is 14.8 Å². The molecule has 0 unspecified atom stereocenters. The monoisotopic (exact) mass is 249 g/mol. The number of nitrogens with zero attached hydrogens (tertiary/aromatic N) is 3. The van der Waals surface area contributed by atoms with Crippen LogP contribution in [0.15, 0.2) is 18.3 Å². The van der Waals surface area contributed by atoms with Crippen LogP contribution in [0.4, 0.5) is 5.82 Å². The molecule has 1 saturated heterocycles. The van der Waals surface area contributed by atoms with Gasteiger partial charge in [0, 0.05) is 37.9 Å². The van der Waals surface area contributed by atoms with Crippen molar-refractivity contribution >= 4 is 12.1 Å². The van der Waals surface area contributed by atoms with Gasteiger partial charge in [0.15, 0.2) is 6.29 Å². The van der Waals surface area contributed by atoms with Crippen molar-refractivity contribution in [2.24, 2.45) is 0 Å². The van der Waals surface area contributed by atoms with E-state index in [0.29, 0.717) is 5.56 Å². The van der Waals surface area contributed by atoms with Crippen LogP contribution in [0.5, 0.6) is 0 Å². The van der Waals surface area contributed by atoms with Crippen LogP contribution in [0.1, 0.15) is 16.8 Å². The van der Waals surface area contributed by atoms with E-state index in [0.717, 1.165) is 51.2 Å². The predicted octanol–water partition coefficient (Wildman–Crippen LogP) is 0.398. The van der Waals surface area contributed by atoms with Gasteiger partial charge in [-0.05, 0) is 25.1 Å². The molecule has 0 aromatic carbocycles. The van der Waals surface area contributed by atoms with Gasteiger partial charge in [-0.15, -0.1) is 0 Å². The minimum Gasteiger partial charge on any atom is -0.395 e. The number of carbonyl (C=O) groups excluding carboxylic acids is 1. The van der Waals surface area contributed by atoms with Gasteiger partial charge in [-0.25, -0.2) is 4.98 Å². The lowest BCUT2D eigenvalue weighted by molar-refractivity contribution is 0.112. The maximum absolute atomic E-state index is 10.6. The fourth-order valence-electron chi connectivity index (χ4n) is 2.22. The Bertz CT molecular complexity index is 380. The predicted molar refractivity (Wildman–Crippen MR) is 70.0 cm³/mol. The molecule has 5 nitrogen and oxygen atoms in total. The van der Waals surface area contributed by atoms with Crippen molar-refractivity contribution in [2.75, 3.05) is 44.2 Å². The van der Waals surface area contributed by atoms with Crippen LogP contribution in [-0.4, -0.2) is 60.6 Å². The van der Waals surface area contributed by atoms with Crippen LogP contribution in [-0.2, 0) is 0 Å². The number of aromatic nitrogens is 1. The van der Waals surface area contributed by atoms with E-state index < -0.39 is 0 Å². The average molecular weight is 249 g/mol. The third kappa shape index (κ3) is 3.27. The topological polar surface area (TPSA) is 56.7 Å². The number of anilines is 1. The Morgan fingerprint density at radius 1 is 1.28 bits per heavy atom. The minimum atomic E-state index is 0.215. The zero-order valence-corrected chi connectivity index (χ0v) is 10.5. The summed E-state index contributed by atoms with van der Waals surface area (Å²) in [6.07, 6.45) is 3.48. The Morgan fingerprint density at radius 3 is 2.83 bits per heavy atom. The molecule has 0 saturated carbocycles. The molecule has 98 valence electrons. The van der Waals surface area contributed by atoms with Gasteiger partial charge in [-0.1, -0.05) is 0 Å². The molecule has 0 spiro atoms. The molecule has 1 fully saturated rings. The maximum atomic E-state index is 10.6. The molecule has 2 heterocycles. The summed E-state index contributed by atoms with van der Waals surface area (Å²) in [6, 6.07) is 3.69. The third-order valence-electron chi connectivity index (χ3n) is 3.24. The quantitative estimate of drug-likeness (QED) is 0.783. The minimum absolute atomic E-state index is 0.215. The lowest BCUT2D eigenvalue weighted by Crippen LogP contribution is -2.32. The highest BCUT2D eigenvalue weighted by Gasteiger charge is 2.15. The smallest absolute Gasteiger partial charge is 0.151 e. The van der Waals surface area contributed by atoms with Crippen LogP contribution in [0.3, 0.4) is 0 Å². The van der Waals surface area contributed by atoms with Crippen molar-refractivity contribution in [1.82, 2.24) is 9.88 Å². The van der Waals surface area contributed by atoms with E-state index >= 15 is 0 Å². The van der Waals surface area contributed by atoms with Gasteiger partial charge >= 0.3 is 0 Å². The van der Waals surface area contributed by atoms with E-state index in [1.165, 1.54) is 0 Å². The Balaban J connectivity index is 1.98. The van der Waals surface area contributed by atoms with Crippen molar-refractivity contribution in [2.45, 2.75) is 6.42 Å². The number of β-amino-alcohol motifs (C(OH)–C–C–N with tert-alkyl or cyclic N) is 1. The summed E-state index contributed by atoms with van der Waals surface area (Å²) in [7, 11) is 0. The highest BCUT2D eigenvalue weighted by atomic mass is 16.3. The maximum Gasteiger partial charge on any atom is 0.151 e. The first-order valence-corrected chi connectivity index (χ1v) is 6.33. The molecule has 18 heavy (non-hydrogen) atoms. The first kappa shape index (κ1) is 13.0.